The highest BCUT2D eigenvalue weighted by atomic mass is 16.5. The van der Waals surface area contributed by atoms with E-state index in [0.29, 0.717) is 23.0 Å². The van der Waals surface area contributed by atoms with E-state index in [1.807, 2.05) is 30.3 Å². The lowest BCUT2D eigenvalue weighted by molar-refractivity contribution is 0.0696. The van der Waals surface area contributed by atoms with Crippen LogP contribution in [-0.2, 0) is 12.8 Å². The molecule has 0 saturated heterocycles. The van der Waals surface area contributed by atoms with Gasteiger partial charge in [-0.15, -0.1) is 0 Å². The molecule has 7 heteroatoms. The molecule has 3 aromatic rings. The number of aryl methyl sites for hydroxylation is 1. The van der Waals surface area contributed by atoms with Crippen molar-refractivity contribution in [2.75, 3.05) is 19.5 Å². The molecule has 154 valence electrons. The fraction of sp³-hybridized carbons (Fsp3) is 0.261. The number of rotatable bonds is 6. The Hall–Kier alpha value is -3.61. The number of anilines is 1. The predicted octanol–water partition coefficient (Wildman–Crippen LogP) is 3.83. The van der Waals surface area contributed by atoms with Gasteiger partial charge in [-0.05, 0) is 60.7 Å². The number of nitrogens with zero attached hydrogens (tertiary/aromatic N) is 2. The first-order valence-electron chi connectivity index (χ1n) is 9.74. The van der Waals surface area contributed by atoms with Crippen molar-refractivity contribution in [3.8, 4) is 22.8 Å². The van der Waals surface area contributed by atoms with Gasteiger partial charge in [0.2, 0.25) is 5.95 Å². The number of methoxy groups -OCH3 is 2. The zero-order valence-corrected chi connectivity index (χ0v) is 16.9. The van der Waals surface area contributed by atoms with E-state index < -0.39 is 5.97 Å². The summed E-state index contributed by atoms with van der Waals surface area (Å²) >= 11 is 0. The van der Waals surface area contributed by atoms with Gasteiger partial charge in [-0.25, -0.2) is 14.8 Å². The average molecular weight is 405 g/mol. The number of benzene rings is 2. The third-order valence-corrected chi connectivity index (χ3v) is 5.36. The lowest BCUT2D eigenvalue weighted by Gasteiger charge is -2.26. The molecule has 7 nitrogen and oxygen atoms in total. The van der Waals surface area contributed by atoms with Crippen molar-refractivity contribution in [3.63, 3.8) is 0 Å². The van der Waals surface area contributed by atoms with E-state index in [0.717, 1.165) is 36.1 Å². The van der Waals surface area contributed by atoms with Crippen molar-refractivity contribution in [2.45, 2.75) is 25.3 Å². The van der Waals surface area contributed by atoms with Crippen LogP contribution in [0.25, 0.3) is 11.3 Å². The first kappa shape index (κ1) is 19.7. The third kappa shape index (κ3) is 4.05. The lowest BCUT2D eigenvalue weighted by Crippen LogP contribution is -2.28. The van der Waals surface area contributed by atoms with Crippen LogP contribution in [0.1, 0.15) is 27.9 Å². The molecule has 1 aromatic heterocycles. The van der Waals surface area contributed by atoms with E-state index in [1.165, 1.54) is 5.56 Å². The number of carboxylic acid groups (broad SMARTS) is 1. The monoisotopic (exact) mass is 405 g/mol. The van der Waals surface area contributed by atoms with Gasteiger partial charge < -0.3 is 19.9 Å². The highest BCUT2D eigenvalue weighted by Crippen LogP contribution is 2.32. The second-order valence-corrected chi connectivity index (χ2v) is 7.20. The fourth-order valence-corrected chi connectivity index (χ4v) is 3.78. The van der Waals surface area contributed by atoms with Gasteiger partial charge in [-0.1, -0.05) is 6.07 Å². The SMILES string of the molecule is COc1ccc(-c2ccnc(NC3CCc4ccc(C(=O)O)cc4C3)n2)c(OC)c1. The second-order valence-electron chi connectivity index (χ2n) is 7.20. The number of nitrogens with one attached hydrogen (secondary N) is 1. The molecule has 0 saturated carbocycles. The number of aromatic nitrogens is 2. The maximum atomic E-state index is 11.3. The van der Waals surface area contributed by atoms with Crippen molar-refractivity contribution in [1.82, 2.24) is 9.97 Å². The summed E-state index contributed by atoms with van der Waals surface area (Å²) in [7, 11) is 3.23. The standard InChI is InChI=1S/C23H23N3O4/c1-29-18-7-8-19(21(13-18)30-2)20-9-10-24-23(26-20)25-17-6-5-14-3-4-15(22(27)28)11-16(14)12-17/h3-4,7-11,13,17H,5-6,12H2,1-2H3,(H,27,28)(H,24,25,26). The van der Waals surface area contributed by atoms with E-state index in [1.54, 1.807) is 32.5 Å². The molecule has 1 heterocycles. The number of fused-ring (bicyclic) bond motifs is 1. The van der Waals surface area contributed by atoms with Crippen LogP contribution in [0.4, 0.5) is 5.95 Å². The number of carboxylic acids is 1. The summed E-state index contributed by atoms with van der Waals surface area (Å²) < 4.78 is 10.8. The molecule has 4 rings (SSSR count). The van der Waals surface area contributed by atoms with Crippen LogP contribution < -0.4 is 14.8 Å². The van der Waals surface area contributed by atoms with Crippen LogP contribution in [0.5, 0.6) is 11.5 Å². The molecular weight excluding hydrogens is 382 g/mol. The Balaban J connectivity index is 1.54. The van der Waals surface area contributed by atoms with Gasteiger partial charge >= 0.3 is 5.97 Å². The molecule has 0 amide bonds. The fourth-order valence-electron chi connectivity index (χ4n) is 3.78. The van der Waals surface area contributed by atoms with Crippen molar-refractivity contribution in [3.05, 3.63) is 65.4 Å². The number of hydrogen-bond donors (Lipinski definition) is 2. The topological polar surface area (TPSA) is 93.6 Å². The molecule has 0 radical (unpaired) electrons. The molecule has 1 aliphatic rings. The van der Waals surface area contributed by atoms with Crippen molar-refractivity contribution in [1.29, 1.82) is 0 Å². The largest absolute Gasteiger partial charge is 0.497 e. The van der Waals surface area contributed by atoms with Gasteiger partial charge in [0.1, 0.15) is 11.5 Å². The summed E-state index contributed by atoms with van der Waals surface area (Å²) in [6, 6.07) is 12.9. The third-order valence-electron chi connectivity index (χ3n) is 5.36. The van der Waals surface area contributed by atoms with Crippen LogP contribution in [-0.4, -0.2) is 41.3 Å². The van der Waals surface area contributed by atoms with Crippen LogP contribution in [0, 0.1) is 0 Å². The molecule has 1 unspecified atom stereocenters. The van der Waals surface area contributed by atoms with Crippen LogP contribution in [0.3, 0.4) is 0 Å². The molecule has 0 bridgehead atoms. The highest BCUT2D eigenvalue weighted by molar-refractivity contribution is 5.88. The van der Waals surface area contributed by atoms with Gasteiger partial charge in [0, 0.05) is 23.9 Å². The van der Waals surface area contributed by atoms with Gasteiger partial charge in [0.15, 0.2) is 0 Å². The van der Waals surface area contributed by atoms with Gasteiger partial charge in [-0.2, -0.15) is 0 Å². The minimum atomic E-state index is -0.905. The van der Waals surface area contributed by atoms with E-state index in [-0.39, 0.29) is 6.04 Å². The first-order valence-corrected chi connectivity index (χ1v) is 9.74. The van der Waals surface area contributed by atoms with Gasteiger partial charge in [-0.3, -0.25) is 0 Å². The van der Waals surface area contributed by atoms with Crippen molar-refractivity contribution in [2.24, 2.45) is 0 Å². The number of aromatic carboxylic acids is 1. The summed E-state index contributed by atoms with van der Waals surface area (Å²) in [5.74, 6) is 1.02. The first-order chi connectivity index (χ1) is 14.6. The summed E-state index contributed by atoms with van der Waals surface area (Å²) in [6.45, 7) is 0. The maximum absolute atomic E-state index is 11.3. The Morgan fingerprint density at radius 1 is 1.10 bits per heavy atom. The second kappa shape index (κ2) is 8.41. The number of ether oxygens (including phenoxy) is 2. The van der Waals surface area contributed by atoms with E-state index >= 15 is 0 Å². The van der Waals surface area contributed by atoms with E-state index in [2.05, 4.69) is 15.3 Å². The average Bonchev–Trinajstić information content (AvgIpc) is 2.78. The Morgan fingerprint density at radius 2 is 1.97 bits per heavy atom. The van der Waals surface area contributed by atoms with Crippen LogP contribution >= 0.6 is 0 Å². The zero-order chi connectivity index (χ0) is 21.1. The molecule has 0 aliphatic heterocycles. The predicted molar refractivity (Wildman–Crippen MR) is 113 cm³/mol. The van der Waals surface area contributed by atoms with Gasteiger partial charge in [0.25, 0.3) is 0 Å². The summed E-state index contributed by atoms with van der Waals surface area (Å²) in [4.78, 5) is 20.3. The van der Waals surface area contributed by atoms with Crippen LogP contribution in [0.2, 0.25) is 0 Å². The molecule has 1 atom stereocenters. The van der Waals surface area contributed by atoms with E-state index in [9.17, 15) is 9.90 Å². The molecule has 2 N–H and O–H groups in total. The number of carbonyl (C=O) groups is 1. The quantitative estimate of drug-likeness (QED) is 0.644. The summed E-state index contributed by atoms with van der Waals surface area (Å²) in [5, 5.41) is 12.7. The summed E-state index contributed by atoms with van der Waals surface area (Å²) in [5.41, 5.74) is 4.18. The Kier molecular flexibility index (Phi) is 5.52. The number of hydrogen-bond acceptors (Lipinski definition) is 6. The molecule has 0 fully saturated rings. The highest BCUT2D eigenvalue weighted by Gasteiger charge is 2.21. The van der Waals surface area contributed by atoms with E-state index in [4.69, 9.17) is 9.47 Å². The molecule has 2 aromatic carbocycles. The van der Waals surface area contributed by atoms with Crippen LogP contribution in [0.15, 0.2) is 48.7 Å². The zero-order valence-electron chi connectivity index (χ0n) is 16.9. The van der Waals surface area contributed by atoms with Crippen molar-refractivity contribution >= 4 is 11.9 Å². The normalized spacial score (nSPS) is 15.2. The Morgan fingerprint density at radius 3 is 2.73 bits per heavy atom. The molecular formula is C23H23N3O4. The van der Waals surface area contributed by atoms with Gasteiger partial charge in [0.05, 0.1) is 25.5 Å². The van der Waals surface area contributed by atoms with Crippen molar-refractivity contribution < 1.29 is 19.4 Å². The summed E-state index contributed by atoms with van der Waals surface area (Å²) in [6.07, 6.45) is 4.27. The molecule has 30 heavy (non-hydrogen) atoms. The Labute approximate surface area is 174 Å². The minimum Gasteiger partial charge on any atom is -0.497 e. The maximum Gasteiger partial charge on any atom is 0.335 e. The molecule has 0 spiro atoms. The molecule has 1 aliphatic carbocycles. The lowest BCUT2D eigenvalue weighted by atomic mass is 9.87. The minimum absolute atomic E-state index is 0.134. The smallest absolute Gasteiger partial charge is 0.335 e. The Bertz CT molecular complexity index is 1080.